The van der Waals surface area contributed by atoms with Crippen LogP contribution in [0.15, 0.2) is 64.2 Å². The summed E-state index contributed by atoms with van der Waals surface area (Å²) < 4.78 is 13.9. The van der Waals surface area contributed by atoms with Crippen LogP contribution >= 0.6 is 0 Å². The molecule has 10 heteroatoms. The van der Waals surface area contributed by atoms with Crippen LogP contribution in [-0.4, -0.2) is 51.6 Å². The molecule has 1 aliphatic heterocycles. The Morgan fingerprint density at radius 3 is 2.54 bits per heavy atom. The summed E-state index contributed by atoms with van der Waals surface area (Å²) in [6.07, 6.45) is 10.9. The minimum absolute atomic E-state index is 0.0276. The fraction of sp³-hybridized carbons (Fsp3) is 0.417. The normalized spacial score (nSPS) is 15.4. The largest absolute Gasteiger partial charge is 0.440 e. The first-order valence-electron chi connectivity index (χ1n) is 16.3. The molecule has 10 nitrogen and oxygen atoms in total. The smallest absolute Gasteiger partial charge is 0.229 e. The quantitative estimate of drug-likeness (QED) is 0.184. The molecule has 5 aromatic rings. The number of ketones is 1. The molecule has 4 aromatic heterocycles. The zero-order valence-electron chi connectivity index (χ0n) is 27.1. The van der Waals surface area contributed by atoms with Crippen molar-refractivity contribution in [2.45, 2.75) is 65.8 Å². The van der Waals surface area contributed by atoms with Gasteiger partial charge in [-0.05, 0) is 37.0 Å². The second kappa shape index (κ2) is 13.8. The fourth-order valence-electron chi connectivity index (χ4n) is 5.99. The molecule has 240 valence electrons. The molecule has 0 bridgehead atoms. The molecule has 0 unspecified atom stereocenters. The summed E-state index contributed by atoms with van der Waals surface area (Å²) in [6.45, 7) is 10.8. The number of hydrogen-bond donors (Lipinski definition) is 1. The van der Waals surface area contributed by atoms with Crippen LogP contribution in [0.1, 0.15) is 76.3 Å². The van der Waals surface area contributed by atoms with Crippen LogP contribution in [0.5, 0.6) is 0 Å². The first-order chi connectivity index (χ1) is 22.3. The molecule has 1 N–H and O–H groups in total. The molecular formula is C36H42N6O4. The van der Waals surface area contributed by atoms with E-state index in [4.69, 9.17) is 14.1 Å². The lowest BCUT2D eigenvalue weighted by molar-refractivity contribution is 0.100. The fourth-order valence-corrected chi connectivity index (χ4v) is 5.99. The lowest BCUT2D eigenvalue weighted by Gasteiger charge is -2.27. The van der Waals surface area contributed by atoms with Gasteiger partial charge in [0.15, 0.2) is 17.1 Å². The Morgan fingerprint density at radius 2 is 1.83 bits per heavy atom. The molecule has 2 fully saturated rings. The number of pyridine rings is 1. The third-order valence-electron chi connectivity index (χ3n) is 8.81. The van der Waals surface area contributed by atoms with Crippen molar-refractivity contribution in [2.24, 2.45) is 5.92 Å². The van der Waals surface area contributed by atoms with Crippen LogP contribution in [0.4, 0.5) is 17.5 Å². The third kappa shape index (κ3) is 6.67. The number of hydrogen-bond acceptors (Lipinski definition) is 9. The van der Waals surface area contributed by atoms with Crippen molar-refractivity contribution in [3.05, 3.63) is 70.9 Å². The van der Waals surface area contributed by atoms with Gasteiger partial charge in [-0.1, -0.05) is 52.2 Å². The molecule has 7 rings (SSSR count). The average Bonchev–Trinajstić information content (AvgIpc) is 3.73. The van der Waals surface area contributed by atoms with Crippen molar-refractivity contribution in [3.63, 3.8) is 0 Å². The number of carbonyl (C=O) groups is 1. The first-order valence-corrected chi connectivity index (χ1v) is 16.3. The highest BCUT2D eigenvalue weighted by atomic mass is 16.5. The standard InChI is InChI=1S/C31H30N6O4.C5H12/c1-19(38)26-14-21-17-33-31(35-30(21)37(26)23-5-2-3-6-23)34-22-13-20(16-32-18-22)24-7-4-8-25-27(39)15-28(41-29(24)25)36-9-11-40-12-10-36;1-4-5(2)3/h4,7-8,13-18,23H,2-3,5-6,9-12H2,1H3,(H,33,34,35);5H,4H2,1-3H3. The monoisotopic (exact) mass is 622 g/mol. The van der Waals surface area contributed by atoms with Gasteiger partial charge in [-0.25, -0.2) is 4.98 Å². The Labute approximate surface area is 268 Å². The number of Topliss-reactive ketones (excluding diaryl/α,β-unsaturated/α-hetero) is 1. The zero-order valence-corrected chi connectivity index (χ0v) is 27.1. The number of rotatable bonds is 7. The molecular weight excluding hydrogens is 580 g/mol. The van der Waals surface area contributed by atoms with Crippen LogP contribution in [0, 0.1) is 5.92 Å². The van der Waals surface area contributed by atoms with E-state index in [9.17, 15) is 9.59 Å². The maximum Gasteiger partial charge on any atom is 0.229 e. The van der Waals surface area contributed by atoms with E-state index in [1.807, 2.05) is 29.2 Å². The third-order valence-corrected chi connectivity index (χ3v) is 8.81. The number of nitrogens with one attached hydrogen (secondary N) is 1. The number of aromatic nitrogens is 4. The molecule has 0 spiro atoms. The summed E-state index contributed by atoms with van der Waals surface area (Å²) >= 11 is 0. The summed E-state index contributed by atoms with van der Waals surface area (Å²) in [6, 6.07) is 11.2. The number of carbonyl (C=O) groups excluding carboxylic acids is 1. The number of ether oxygens (including phenoxy) is 1. The van der Waals surface area contributed by atoms with E-state index in [-0.39, 0.29) is 17.3 Å². The number of fused-ring (bicyclic) bond motifs is 2. The number of anilines is 3. The number of para-hydroxylation sites is 1. The van der Waals surface area contributed by atoms with Crippen LogP contribution < -0.4 is 15.6 Å². The van der Waals surface area contributed by atoms with Crippen molar-refractivity contribution >= 4 is 45.3 Å². The van der Waals surface area contributed by atoms with Crippen LogP contribution in [0.2, 0.25) is 0 Å². The van der Waals surface area contributed by atoms with Gasteiger partial charge < -0.3 is 23.9 Å². The van der Waals surface area contributed by atoms with Crippen molar-refractivity contribution < 1.29 is 13.9 Å². The van der Waals surface area contributed by atoms with Crippen molar-refractivity contribution in [3.8, 4) is 11.1 Å². The van der Waals surface area contributed by atoms with E-state index >= 15 is 0 Å². The second-order valence-corrected chi connectivity index (χ2v) is 12.5. The van der Waals surface area contributed by atoms with Gasteiger partial charge in [-0.3, -0.25) is 14.6 Å². The Kier molecular flexibility index (Phi) is 9.44. The first kappa shape index (κ1) is 31.4. The SMILES string of the molecule is CC(=O)c1cc2cnc(Nc3cncc(-c4cccc5c(=O)cc(N6CCOCC6)oc45)c3)nc2n1C1CCCC1.CCC(C)C. The Morgan fingerprint density at radius 1 is 1.07 bits per heavy atom. The van der Waals surface area contributed by atoms with Gasteiger partial charge in [0.2, 0.25) is 5.95 Å². The van der Waals surface area contributed by atoms with E-state index in [0.29, 0.717) is 60.5 Å². The average molecular weight is 623 g/mol. The Bertz CT molecular complexity index is 1900. The molecule has 5 heterocycles. The lowest BCUT2D eigenvalue weighted by atomic mass is 10.0. The Hall–Kier alpha value is -4.57. The van der Waals surface area contributed by atoms with Crippen LogP contribution in [-0.2, 0) is 4.74 Å². The maximum absolute atomic E-state index is 13.0. The molecule has 1 saturated carbocycles. The lowest BCUT2D eigenvalue weighted by Crippen LogP contribution is -2.36. The van der Waals surface area contributed by atoms with Gasteiger partial charge in [0.1, 0.15) is 11.2 Å². The van der Waals surface area contributed by atoms with Gasteiger partial charge >= 0.3 is 0 Å². The molecule has 0 amide bonds. The van der Waals surface area contributed by atoms with E-state index in [1.165, 1.54) is 6.42 Å². The summed E-state index contributed by atoms with van der Waals surface area (Å²) in [5, 5.41) is 4.65. The highest BCUT2D eigenvalue weighted by molar-refractivity contribution is 5.98. The highest BCUT2D eigenvalue weighted by Gasteiger charge is 2.24. The predicted molar refractivity (Wildman–Crippen MR) is 182 cm³/mol. The van der Waals surface area contributed by atoms with E-state index in [2.05, 4.69) is 40.6 Å². The molecule has 46 heavy (non-hydrogen) atoms. The maximum atomic E-state index is 13.0. The summed E-state index contributed by atoms with van der Waals surface area (Å²) in [4.78, 5) is 41.3. The summed E-state index contributed by atoms with van der Waals surface area (Å²) in [5.74, 6) is 1.87. The molecule has 0 atom stereocenters. The molecule has 0 radical (unpaired) electrons. The van der Waals surface area contributed by atoms with Crippen LogP contribution in [0.25, 0.3) is 33.1 Å². The molecule has 1 aliphatic carbocycles. The van der Waals surface area contributed by atoms with Gasteiger partial charge in [-0.15, -0.1) is 0 Å². The summed E-state index contributed by atoms with van der Waals surface area (Å²) in [7, 11) is 0. The predicted octanol–water partition coefficient (Wildman–Crippen LogP) is 7.55. The minimum atomic E-state index is -0.0891. The number of benzene rings is 1. The topological polar surface area (TPSA) is 115 Å². The zero-order chi connectivity index (χ0) is 32.2. The van der Waals surface area contributed by atoms with E-state index in [1.54, 1.807) is 37.6 Å². The van der Waals surface area contributed by atoms with Crippen molar-refractivity contribution in [2.75, 3.05) is 36.5 Å². The second-order valence-electron chi connectivity index (χ2n) is 12.5. The minimum Gasteiger partial charge on any atom is -0.440 e. The van der Waals surface area contributed by atoms with Crippen molar-refractivity contribution in [1.29, 1.82) is 0 Å². The molecule has 2 aliphatic rings. The summed E-state index contributed by atoms with van der Waals surface area (Å²) in [5.41, 5.74) is 4.11. The Balaban J connectivity index is 0.000000692. The van der Waals surface area contributed by atoms with Crippen LogP contribution in [0.3, 0.4) is 0 Å². The molecule has 1 aromatic carbocycles. The molecule has 1 saturated heterocycles. The number of morpholine rings is 1. The highest BCUT2D eigenvalue weighted by Crippen LogP contribution is 2.35. The van der Waals surface area contributed by atoms with E-state index in [0.717, 1.165) is 53.8 Å². The van der Waals surface area contributed by atoms with Gasteiger partial charge in [0.05, 0.1) is 36.2 Å². The van der Waals surface area contributed by atoms with Gasteiger partial charge in [0.25, 0.3) is 0 Å². The number of nitrogens with zero attached hydrogens (tertiary/aromatic N) is 5. The van der Waals surface area contributed by atoms with Gasteiger partial charge in [0, 0.05) is 61.0 Å². The van der Waals surface area contributed by atoms with Crippen molar-refractivity contribution in [1.82, 2.24) is 19.5 Å². The van der Waals surface area contributed by atoms with Gasteiger partial charge in [-0.2, -0.15) is 4.98 Å². The van der Waals surface area contributed by atoms with E-state index < -0.39 is 0 Å².